The Morgan fingerprint density at radius 1 is 1.31 bits per heavy atom. The summed E-state index contributed by atoms with van der Waals surface area (Å²) in [5.41, 5.74) is 0. The quantitative estimate of drug-likeness (QED) is 0.922. The van der Waals surface area contributed by atoms with E-state index in [2.05, 4.69) is 31.9 Å². The van der Waals surface area contributed by atoms with Crippen molar-refractivity contribution in [2.75, 3.05) is 6.61 Å². The van der Waals surface area contributed by atoms with Crippen molar-refractivity contribution in [3.8, 4) is 11.5 Å². The molecule has 1 rings (SSSR count). The van der Waals surface area contributed by atoms with Crippen LogP contribution in [0.1, 0.15) is 13.3 Å². The maximum Gasteiger partial charge on any atom is 0.134 e. The lowest BCUT2D eigenvalue weighted by Crippen LogP contribution is -1.95. The summed E-state index contributed by atoms with van der Waals surface area (Å²) in [7, 11) is 0. The zero-order valence-electron chi connectivity index (χ0n) is 7.18. The molecule has 0 amide bonds. The van der Waals surface area contributed by atoms with Crippen LogP contribution in [0, 0.1) is 0 Å². The van der Waals surface area contributed by atoms with Crippen LogP contribution in [0.15, 0.2) is 21.1 Å². The highest BCUT2D eigenvalue weighted by atomic mass is 79.9. The van der Waals surface area contributed by atoms with Crippen LogP contribution in [-0.4, -0.2) is 11.7 Å². The Hall–Kier alpha value is -0.220. The number of phenols is 1. The second-order valence-corrected chi connectivity index (χ2v) is 4.29. The number of phenolic OH excluding ortho intramolecular Hbond substituents is 1. The average molecular weight is 310 g/mol. The number of aromatic hydroxyl groups is 1. The first kappa shape index (κ1) is 10.9. The van der Waals surface area contributed by atoms with E-state index in [-0.39, 0.29) is 5.75 Å². The van der Waals surface area contributed by atoms with Crippen LogP contribution in [0.3, 0.4) is 0 Å². The summed E-state index contributed by atoms with van der Waals surface area (Å²) >= 11 is 6.53. The number of rotatable bonds is 3. The van der Waals surface area contributed by atoms with Crippen LogP contribution in [0.4, 0.5) is 0 Å². The first-order chi connectivity index (χ1) is 6.15. The van der Waals surface area contributed by atoms with Crippen LogP contribution in [0.5, 0.6) is 11.5 Å². The maximum atomic E-state index is 9.32. The van der Waals surface area contributed by atoms with E-state index in [4.69, 9.17) is 4.74 Å². The normalized spacial score (nSPS) is 10.1. The number of benzene rings is 1. The van der Waals surface area contributed by atoms with Gasteiger partial charge in [-0.3, -0.25) is 0 Å². The van der Waals surface area contributed by atoms with Gasteiger partial charge in [0.05, 0.1) is 15.6 Å². The molecule has 4 heteroatoms. The highest BCUT2D eigenvalue weighted by Crippen LogP contribution is 2.35. The molecule has 2 nitrogen and oxygen atoms in total. The van der Waals surface area contributed by atoms with Crippen LogP contribution in [-0.2, 0) is 0 Å². The predicted molar refractivity (Wildman–Crippen MR) is 59.3 cm³/mol. The Morgan fingerprint density at radius 3 is 2.62 bits per heavy atom. The van der Waals surface area contributed by atoms with Crippen molar-refractivity contribution in [3.05, 3.63) is 21.1 Å². The van der Waals surface area contributed by atoms with Gasteiger partial charge >= 0.3 is 0 Å². The van der Waals surface area contributed by atoms with Crippen molar-refractivity contribution in [1.29, 1.82) is 0 Å². The Morgan fingerprint density at radius 2 is 2.00 bits per heavy atom. The largest absolute Gasteiger partial charge is 0.507 e. The molecule has 0 saturated carbocycles. The Balaban J connectivity index is 2.88. The molecule has 72 valence electrons. The van der Waals surface area contributed by atoms with Crippen molar-refractivity contribution in [3.63, 3.8) is 0 Å². The molecule has 0 bridgehead atoms. The molecule has 0 saturated heterocycles. The second kappa shape index (κ2) is 4.86. The Kier molecular flexibility index (Phi) is 4.06. The zero-order valence-corrected chi connectivity index (χ0v) is 10.4. The molecular formula is C9H10Br2O2. The minimum atomic E-state index is 0.204. The van der Waals surface area contributed by atoms with Gasteiger partial charge in [-0.05, 0) is 50.4 Å². The Labute approximate surface area is 94.2 Å². The fraction of sp³-hybridized carbons (Fsp3) is 0.333. The molecule has 0 atom stereocenters. The summed E-state index contributed by atoms with van der Waals surface area (Å²) < 4.78 is 6.84. The molecule has 13 heavy (non-hydrogen) atoms. The van der Waals surface area contributed by atoms with E-state index in [1.165, 1.54) is 0 Å². The summed E-state index contributed by atoms with van der Waals surface area (Å²) in [5.74, 6) is 0.947. The third-order valence-electron chi connectivity index (χ3n) is 1.46. The van der Waals surface area contributed by atoms with Gasteiger partial charge in [-0.2, -0.15) is 0 Å². The zero-order chi connectivity index (χ0) is 9.84. The molecule has 0 fully saturated rings. The first-order valence-electron chi connectivity index (χ1n) is 3.96. The fourth-order valence-electron chi connectivity index (χ4n) is 0.841. The summed E-state index contributed by atoms with van der Waals surface area (Å²) in [4.78, 5) is 0. The van der Waals surface area contributed by atoms with Gasteiger partial charge in [0, 0.05) is 0 Å². The van der Waals surface area contributed by atoms with Crippen molar-refractivity contribution < 1.29 is 9.84 Å². The molecule has 0 heterocycles. The molecule has 0 aliphatic carbocycles. The standard InChI is InChI=1S/C9H10Br2O2/c1-2-3-13-9-5-6(10)8(12)4-7(9)11/h4-5,12H,2-3H2,1H3. The summed E-state index contributed by atoms with van der Waals surface area (Å²) in [5, 5.41) is 9.32. The lowest BCUT2D eigenvalue weighted by molar-refractivity contribution is 0.314. The van der Waals surface area contributed by atoms with Crippen molar-refractivity contribution >= 4 is 31.9 Å². The lowest BCUT2D eigenvalue weighted by atomic mass is 10.3. The first-order valence-corrected chi connectivity index (χ1v) is 5.54. The van der Waals surface area contributed by atoms with E-state index in [1.54, 1.807) is 12.1 Å². The third kappa shape index (κ3) is 2.88. The maximum absolute atomic E-state index is 9.32. The van der Waals surface area contributed by atoms with Gasteiger partial charge in [0.25, 0.3) is 0 Å². The minimum Gasteiger partial charge on any atom is -0.507 e. The van der Waals surface area contributed by atoms with E-state index in [9.17, 15) is 5.11 Å². The van der Waals surface area contributed by atoms with Gasteiger partial charge in [0.1, 0.15) is 11.5 Å². The van der Waals surface area contributed by atoms with Gasteiger partial charge in [-0.1, -0.05) is 6.92 Å². The molecule has 1 aromatic carbocycles. The lowest BCUT2D eigenvalue weighted by Gasteiger charge is -2.08. The highest BCUT2D eigenvalue weighted by molar-refractivity contribution is 9.11. The Bertz CT molecular complexity index is 300. The molecule has 0 spiro atoms. The molecule has 1 aromatic rings. The number of ether oxygens (including phenoxy) is 1. The molecule has 0 radical (unpaired) electrons. The van der Waals surface area contributed by atoms with Crippen molar-refractivity contribution in [2.45, 2.75) is 13.3 Å². The van der Waals surface area contributed by atoms with Crippen LogP contribution >= 0.6 is 31.9 Å². The van der Waals surface area contributed by atoms with Crippen LogP contribution in [0.25, 0.3) is 0 Å². The number of hydrogen-bond acceptors (Lipinski definition) is 2. The summed E-state index contributed by atoms with van der Waals surface area (Å²) in [6.07, 6.45) is 0.963. The average Bonchev–Trinajstić information content (AvgIpc) is 2.09. The smallest absolute Gasteiger partial charge is 0.134 e. The fourth-order valence-corrected chi connectivity index (χ4v) is 1.61. The number of hydrogen-bond donors (Lipinski definition) is 1. The van der Waals surface area contributed by atoms with Crippen LogP contribution < -0.4 is 4.74 Å². The molecule has 0 unspecified atom stereocenters. The van der Waals surface area contributed by atoms with E-state index in [0.29, 0.717) is 11.1 Å². The molecule has 0 aliphatic rings. The van der Waals surface area contributed by atoms with E-state index >= 15 is 0 Å². The van der Waals surface area contributed by atoms with Crippen molar-refractivity contribution in [1.82, 2.24) is 0 Å². The summed E-state index contributed by atoms with van der Waals surface area (Å²) in [6.45, 7) is 2.72. The molecule has 0 aromatic heterocycles. The minimum absolute atomic E-state index is 0.204. The van der Waals surface area contributed by atoms with Gasteiger partial charge in [-0.15, -0.1) is 0 Å². The number of halogens is 2. The second-order valence-electron chi connectivity index (χ2n) is 2.58. The van der Waals surface area contributed by atoms with Gasteiger partial charge < -0.3 is 9.84 Å². The van der Waals surface area contributed by atoms with Gasteiger partial charge in [0.2, 0.25) is 0 Å². The topological polar surface area (TPSA) is 29.5 Å². The third-order valence-corrected chi connectivity index (χ3v) is 2.72. The summed E-state index contributed by atoms with van der Waals surface area (Å²) in [6, 6.07) is 3.35. The monoisotopic (exact) mass is 308 g/mol. The van der Waals surface area contributed by atoms with E-state index in [0.717, 1.165) is 16.6 Å². The van der Waals surface area contributed by atoms with Crippen LogP contribution in [0.2, 0.25) is 0 Å². The van der Waals surface area contributed by atoms with E-state index < -0.39 is 0 Å². The molecular weight excluding hydrogens is 300 g/mol. The molecule has 1 N–H and O–H groups in total. The van der Waals surface area contributed by atoms with E-state index in [1.807, 2.05) is 6.92 Å². The SMILES string of the molecule is CCCOc1cc(Br)c(O)cc1Br. The highest BCUT2D eigenvalue weighted by Gasteiger charge is 2.05. The van der Waals surface area contributed by atoms with Crippen molar-refractivity contribution in [2.24, 2.45) is 0 Å². The van der Waals surface area contributed by atoms with Gasteiger partial charge in [0.15, 0.2) is 0 Å². The predicted octanol–water partition coefficient (Wildman–Crippen LogP) is 3.71. The molecule has 0 aliphatic heterocycles. The van der Waals surface area contributed by atoms with Gasteiger partial charge in [-0.25, -0.2) is 0 Å².